The largest absolute Gasteiger partial charge is 0.398 e. The zero-order valence-corrected chi connectivity index (χ0v) is 12.6. The fourth-order valence-corrected chi connectivity index (χ4v) is 3.41. The molecule has 19 heavy (non-hydrogen) atoms. The van der Waals surface area contributed by atoms with Gasteiger partial charge in [-0.1, -0.05) is 6.08 Å². The van der Waals surface area contributed by atoms with Gasteiger partial charge in [0.05, 0.1) is 4.90 Å². The second-order valence-electron chi connectivity index (χ2n) is 4.73. The van der Waals surface area contributed by atoms with E-state index in [0.29, 0.717) is 22.7 Å². The van der Waals surface area contributed by atoms with Crippen LogP contribution in [0.25, 0.3) is 0 Å². The Morgan fingerprint density at radius 3 is 2.58 bits per heavy atom. The molecule has 2 N–H and O–H groups in total. The monoisotopic (exact) mass is 282 g/mol. The number of aryl methyl sites for hydroxylation is 1. The molecule has 5 heteroatoms. The third kappa shape index (κ3) is 3.58. The molecule has 0 radical (unpaired) electrons. The SMILES string of the molecule is C=CCCCN(C)S(=O)(=O)c1cc(C)cc(N)c1C. The molecule has 0 amide bonds. The number of anilines is 1. The van der Waals surface area contributed by atoms with Crippen molar-refractivity contribution in [2.45, 2.75) is 31.6 Å². The van der Waals surface area contributed by atoms with Crippen molar-refractivity contribution in [3.05, 3.63) is 35.9 Å². The van der Waals surface area contributed by atoms with Crippen molar-refractivity contribution in [3.63, 3.8) is 0 Å². The van der Waals surface area contributed by atoms with Crippen molar-refractivity contribution in [2.75, 3.05) is 19.3 Å². The molecule has 0 bridgehead atoms. The van der Waals surface area contributed by atoms with Crippen LogP contribution in [-0.4, -0.2) is 26.3 Å². The van der Waals surface area contributed by atoms with E-state index < -0.39 is 10.0 Å². The summed E-state index contributed by atoms with van der Waals surface area (Å²) in [4.78, 5) is 0.297. The van der Waals surface area contributed by atoms with Gasteiger partial charge in [0.2, 0.25) is 10.0 Å². The topological polar surface area (TPSA) is 63.4 Å². The summed E-state index contributed by atoms with van der Waals surface area (Å²) >= 11 is 0. The summed E-state index contributed by atoms with van der Waals surface area (Å²) in [6.07, 6.45) is 3.35. The Hall–Kier alpha value is -1.33. The number of benzene rings is 1. The van der Waals surface area contributed by atoms with E-state index in [4.69, 9.17) is 5.73 Å². The minimum Gasteiger partial charge on any atom is -0.398 e. The molecule has 0 fully saturated rings. The fraction of sp³-hybridized carbons (Fsp3) is 0.429. The lowest BCUT2D eigenvalue weighted by Gasteiger charge is -2.19. The molecule has 1 aromatic carbocycles. The number of nitrogens with two attached hydrogens (primary N) is 1. The third-order valence-electron chi connectivity index (χ3n) is 3.11. The Morgan fingerprint density at radius 1 is 1.37 bits per heavy atom. The van der Waals surface area contributed by atoms with Gasteiger partial charge in [0.1, 0.15) is 0 Å². The first-order valence-corrected chi connectivity index (χ1v) is 7.68. The van der Waals surface area contributed by atoms with Gasteiger partial charge < -0.3 is 5.73 Å². The zero-order valence-electron chi connectivity index (χ0n) is 11.8. The molecule has 0 saturated carbocycles. The Kier molecular flexibility index (Phi) is 5.14. The lowest BCUT2D eigenvalue weighted by molar-refractivity contribution is 0.462. The number of hydrogen-bond donors (Lipinski definition) is 1. The maximum Gasteiger partial charge on any atom is 0.243 e. The minimum atomic E-state index is -3.48. The van der Waals surface area contributed by atoms with Crippen LogP contribution in [0.4, 0.5) is 5.69 Å². The van der Waals surface area contributed by atoms with Crippen molar-refractivity contribution in [3.8, 4) is 0 Å². The molecular formula is C14H22N2O2S. The van der Waals surface area contributed by atoms with Crippen molar-refractivity contribution >= 4 is 15.7 Å². The van der Waals surface area contributed by atoms with Crippen LogP contribution in [0.1, 0.15) is 24.0 Å². The second-order valence-corrected chi connectivity index (χ2v) is 6.75. The van der Waals surface area contributed by atoms with Crippen LogP contribution in [0.3, 0.4) is 0 Å². The van der Waals surface area contributed by atoms with Crippen LogP contribution in [-0.2, 0) is 10.0 Å². The number of nitrogen functional groups attached to an aromatic ring is 1. The molecule has 1 rings (SSSR count). The van der Waals surface area contributed by atoms with E-state index in [-0.39, 0.29) is 0 Å². The van der Waals surface area contributed by atoms with E-state index in [2.05, 4.69) is 6.58 Å². The molecule has 0 aliphatic rings. The van der Waals surface area contributed by atoms with Crippen LogP contribution in [0.5, 0.6) is 0 Å². The van der Waals surface area contributed by atoms with Crippen molar-refractivity contribution in [2.24, 2.45) is 0 Å². The van der Waals surface area contributed by atoms with Crippen LogP contribution in [0, 0.1) is 13.8 Å². The highest BCUT2D eigenvalue weighted by Gasteiger charge is 2.23. The maximum absolute atomic E-state index is 12.5. The number of unbranched alkanes of at least 4 members (excludes halogenated alkanes) is 1. The van der Waals surface area contributed by atoms with Gasteiger partial charge >= 0.3 is 0 Å². The highest BCUT2D eigenvalue weighted by molar-refractivity contribution is 7.89. The van der Waals surface area contributed by atoms with Gasteiger partial charge in [-0.25, -0.2) is 12.7 Å². The summed E-state index contributed by atoms with van der Waals surface area (Å²) in [6.45, 7) is 7.68. The molecule has 0 heterocycles. The predicted octanol–water partition coefficient (Wildman–Crippen LogP) is 2.47. The summed E-state index contributed by atoms with van der Waals surface area (Å²) in [7, 11) is -1.88. The first-order valence-electron chi connectivity index (χ1n) is 6.24. The maximum atomic E-state index is 12.5. The molecule has 4 nitrogen and oxygen atoms in total. The zero-order chi connectivity index (χ0) is 14.6. The highest BCUT2D eigenvalue weighted by Crippen LogP contribution is 2.25. The quantitative estimate of drug-likeness (QED) is 0.495. The van der Waals surface area contributed by atoms with Gasteiger partial charge in [-0.3, -0.25) is 0 Å². The summed E-state index contributed by atoms with van der Waals surface area (Å²) in [5.74, 6) is 0. The molecular weight excluding hydrogens is 260 g/mol. The number of hydrogen-bond acceptors (Lipinski definition) is 3. The van der Waals surface area contributed by atoms with Crippen molar-refractivity contribution in [1.82, 2.24) is 4.31 Å². The van der Waals surface area contributed by atoms with Crippen molar-refractivity contribution in [1.29, 1.82) is 0 Å². The van der Waals surface area contributed by atoms with E-state index >= 15 is 0 Å². The van der Waals surface area contributed by atoms with Gasteiger partial charge in [-0.15, -0.1) is 6.58 Å². The van der Waals surface area contributed by atoms with E-state index in [9.17, 15) is 8.42 Å². The first kappa shape index (κ1) is 15.7. The third-order valence-corrected chi connectivity index (χ3v) is 5.10. The lowest BCUT2D eigenvalue weighted by atomic mass is 10.1. The summed E-state index contributed by atoms with van der Waals surface area (Å²) in [5, 5.41) is 0. The molecule has 0 spiro atoms. The molecule has 106 valence electrons. The van der Waals surface area contributed by atoms with Gasteiger partial charge in [-0.2, -0.15) is 0 Å². The predicted molar refractivity (Wildman–Crippen MR) is 79.6 cm³/mol. The summed E-state index contributed by atoms with van der Waals surface area (Å²) < 4.78 is 26.4. The van der Waals surface area contributed by atoms with E-state index in [1.54, 1.807) is 32.2 Å². The van der Waals surface area contributed by atoms with Crippen molar-refractivity contribution < 1.29 is 8.42 Å². The Balaban J connectivity index is 3.09. The average Bonchev–Trinajstić information content (AvgIpc) is 2.33. The number of nitrogens with zero attached hydrogens (tertiary/aromatic N) is 1. The smallest absolute Gasteiger partial charge is 0.243 e. The van der Waals surface area contributed by atoms with Gasteiger partial charge in [0, 0.05) is 19.3 Å². The number of rotatable bonds is 6. The first-order chi connectivity index (χ1) is 8.80. The minimum absolute atomic E-state index is 0.297. The Labute approximate surface area is 116 Å². The van der Waals surface area contributed by atoms with E-state index in [0.717, 1.165) is 18.4 Å². The number of allylic oxidation sites excluding steroid dienone is 1. The second kappa shape index (κ2) is 6.21. The van der Waals surface area contributed by atoms with E-state index in [1.807, 2.05) is 6.92 Å². The average molecular weight is 282 g/mol. The summed E-state index contributed by atoms with van der Waals surface area (Å²) in [6, 6.07) is 3.46. The number of sulfonamides is 1. The van der Waals surface area contributed by atoms with Gasteiger partial charge in [0.25, 0.3) is 0 Å². The lowest BCUT2D eigenvalue weighted by Crippen LogP contribution is -2.28. The van der Waals surface area contributed by atoms with Crippen LogP contribution >= 0.6 is 0 Å². The molecule has 0 atom stereocenters. The van der Waals surface area contributed by atoms with Gasteiger partial charge in [-0.05, 0) is 49.9 Å². The molecule has 0 saturated heterocycles. The molecule has 0 aliphatic carbocycles. The normalized spacial score (nSPS) is 11.8. The van der Waals surface area contributed by atoms with Crippen LogP contribution < -0.4 is 5.73 Å². The molecule has 0 aliphatic heterocycles. The van der Waals surface area contributed by atoms with Crippen LogP contribution in [0.15, 0.2) is 29.7 Å². The highest BCUT2D eigenvalue weighted by atomic mass is 32.2. The van der Waals surface area contributed by atoms with Crippen LogP contribution in [0.2, 0.25) is 0 Å². The summed E-state index contributed by atoms with van der Waals surface area (Å²) in [5.41, 5.74) is 7.82. The Bertz CT molecular complexity index is 565. The fourth-order valence-electron chi connectivity index (χ4n) is 1.87. The molecule has 1 aromatic rings. The van der Waals surface area contributed by atoms with Gasteiger partial charge in [0.15, 0.2) is 0 Å². The standard InChI is InChI=1S/C14H22N2O2S/c1-5-6-7-8-16(4)19(17,18)14-10-11(2)9-13(15)12(14)3/h5,9-10H,1,6-8,15H2,2-4H3. The van der Waals surface area contributed by atoms with E-state index in [1.165, 1.54) is 4.31 Å². The molecule has 0 unspecified atom stereocenters. The Morgan fingerprint density at radius 2 is 2.00 bits per heavy atom. The molecule has 0 aromatic heterocycles.